The van der Waals surface area contributed by atoms with Crippen LogP contribution in [0.5, 0.6) is 0 Å². The quantitative estimate of drug-likeness (QED) is 0.539. The van der Waals surface area contributed by atoms with Crippen molar-refractivity contribution in [1.82, 2.24) is 20.4 Å². The van der Waals surface area contributed by atoms with Gasteiger partial charge in [0.15, 0.2) is 5.96 Å². The molecule has 5 nitrogen and oxygen atoms in total. The summed E-state index contributed by atoms with van der Waals surface area (Å²) in [6.07, 6.45) is 0. The molecule has 0 atom stereocenters. The molecular weight excluding hydrogens is 334 g/mol. The van der Waals surface area contributed by atoms with Gasteiger partial charge in [-0.05, 0) is 49.6 Å². The van der Waals surface area contributed by atoms with E-state index in [1.165, 1.54) is 16.7 Å². The van der Waals surface area contributed by atoms with Crippen molar-refractivity contribution in [2.24, 2.45) is 4.99 Å². The largest absolute Gasteiger partial charge is 0.352 e. The van der Waals surface area contributed by atoms with E-state index in [0.29, 0.717) is 6.54 Å². The van der Waals surface area contributed by atoms with Gasteiger partial charge in [0.25, 0.3) is 0 Å². The van der Waals surface area contributed by atoms with Gasteiger partial charge in [-0.2, -0.15) is 5.10 Å². The van der Waals surface area contributed by atoms with Crippen molar-refractivity contribution in [3.63, 3.8) is 0 Å². The number of aliphatic imine (C=N–C) groups is 1. The van der Waals surface area contributed by atoms with E-state index in [9.17, 15) is 0 Å². The SMILES string of the molecule is CN=C(NCc1ccccc1C)NCc1ccccc1-n1nc(C)cc1C. The Labute approximate surface area is 161 Å². The average Bonchev–Trinajstić information content (AvgIpc) is 3.01. The van der Waals surface area contributed by atoms with Crippen molar-refractivity contribution in [2.75, 3.05) is 7.05 Å². The van der Waals surface area contributed by atoms with E-state index in [1.54, 1.807) is 7.05 Å². The molecule has 0 aliphatic heterocycles. The highest BCUT2D eigenvalue weighted by molar-refractivity contribution is 5.79. The van der Waals surface area contributed by atoms with Crippen LogP contribution in [-0.4, -0.2) is 22.8 Å². The topological polar surface area (TPSA) is 54.2 Å². The second-order valence-corrected chi connectivity index (χ2v) is 6.67. The number of guanidine groups is 1. The van der Waals surface area contributed by atoms with Crippen LogP contribution in [0.4, 0.5) is 0 Å². The van der Waals surface area contributed by atoms with Gasteiger partial charge in [-0.15, -0.1) is 0 Å². The van der Waals surface area contributed by atoms with Gasteiger partial charge >= 0.3 is 0 Å². The number of aromatic nitrogens is 2. The van der Waals surface area contributed by atoms with Crippen LogP contribution in [0.3, 0.4) is 0 Å². The van der Waals surface area contributed by atoms with Crippen molar-refractivity contribution in [2.45, 2.75) is 33.9 Å². The van der Waals surface area contributed by atoms with E-state index in [4.69, 9.17) is 0 Å². The first kappa shape index (κ1) is 18.7. The Hall–Kier alpha value is -3.08. The lowest BCUT2D eigenvalue weighted by Crippen LogP contribution is -2.36. The smallest absolute Gasteiger partial charge is 0.191 e. The number of nitrogens with one attached hydrogen (secondary N) is 2. The third kappa shape index (κ3) is 4.56. The Morgan fingerprint density at radius 1 is 0.926 bits per heavy atom. The van der Waals surface area contributed by atoms with Crippen molar-refractivity contribution < 1.29 is 0 Å². The van der Waals surface area contributed by atoms with Crippen molar-refractivity contribution in [3.05, 3.63) is 82.7 Å². The van der Waals surface area contributed by atoms with Gasteiger partial charge in [-0.1, -0.05) is 42.5 Å². The molecular formula is C22H27N5. The highest BCUT2D eigenvalue weighted by atomic mass is 15.3. The maximum Gasteiger partial charge on any atom is 0.191 e. The molecule has 0 spiro atoms. The summed E-state index contributed by atoms with van der Waals surface area (Å²) in [4.78, 5) is 4.34. The van der Waals surface area contributed by atoms with E-state index in [1.807, 2.05) is 17.7 Å². The minimum Gasteiger partial charge on any atom is -0.352 e. The Morgan fingerprint density at radius 2 is 1.56 bits per heavy atom. The molecule has 27 heavy (non-hydrogen) atoms. The summed E-state index contributed by atoms with van der Waals surface area (Å²) in [6, 6.07) is 18.8. The number of hydrogen-bond donors (Lipinski definition) is 2. The molecule has 1 aromatic heterocycles. The van der Waals surface area contributed by atoms with Crippen molar-refractivity contribution in [1.29, 1.82) is 0 Å². The third-order valence-corrected chi connectivity index (χ3v) is 4.61. The van der Waals surface area contributed by atoms with E-state index in [2.05, 4.69) is 83.1 Å². The fraction of sp³-hybridized carbons (Fsp3) is 0.273. The molecule has 1 heterocycles. The molecule has 0 aliphatic carbocycles. The normalized spacial score (nSPS) is 11.5. The Morgan fingerprint density at radius 3 is 2.19 bits per heavy atom. The third-order valence-electron chi connectivity index (χ3n) is 4.61. The lowest BCUT2D eigenvalue weighted by molar-refractivity contribution is 0.780. The molecule has 0 fully saturated rings. The Bertz CT molecular complexity index is 939. The number of nitrogens with zero attached hydrogens (tertiary/aromatic N) is 3. The predicted molar refractivity (Wildman–Crippen MR) is 111 cm³/mol. The summed E-state index contributed by atoms with van der Waals surface area (Å²) >= 11 is 0. The van der Waals surface area contributed by atoms with Crippen LogP contribution in [0.1, 0.15) is 28.1 Å². The summed E-state index contributed by atoms with van der Waals surface area (Å²) in [7, 11) is 1.79. The molecule has 0 bridgehead atoms. The number of rotatable bonds is 5. The van der Waals surface area contributed by atoms with Crippen LogP contribution in [-0.2, 0) is 13.1 Å². The zero-order valence-electron chi connectivity index (χ0n) is 16.5. The Kier molecular flexibility index (Phi) is 5.91. The van der Waals surface area contributed by atoms with E-state index in [-0.39, 0.29) is 0 Å². The zero-order chi connectivity index (χ0) is 19.2. The summed E-state index contributed by atoms with van der Waals surface area (Å²) < 4.78 is 2.00. The van der Waals surface area contributed by atoms with Crippen molar-refractivity contribution >= 4 is 5.96 Å². The molecule has 0 saturated carbocycles. The maximum absolute atomic E-state index is 4.62. The van der Waals surface area contributed by atoms with E-state index < -0.39 is 0 Å². The van der Waals surface area contributed by atoms with Gasteiger partial charge in [-0.3, -0.25) is 4.99 Å². The standard InChI is InChI=1S/C22H27N5/c1-16-9-5-6-10-19(16)14-24-22(23-4)25-15-20-11-7-8-12-21(20)27-18(3)13-17(2)26-27/h5-13H,14-15H2,1-4H3,(H2,23,24,25). The minimum atomic E-state index is 0.669. The molecule has 140 valence electrons. The predicted octanol–water partition coefficient (Wildman–Crippen LogP) is 3.66. The van der Waals surface area contributed by atoms with Gasteiger partial charge < -0.3 is 10.6 Å². The fourth-order valence-corrected chi connectivity index (χ4v) is 3.13. The van der Waals surface area contributed by atoms with Gasteiger partial charge in [-0.25, -0.2) is 4.68 Å². The van der Waals surface area contributed by atoms with Crippen LogP contribution in [0.25, 0.3) is 5.69 Å². The molecule has 3 aromatic rings. The van der Waals surface area contributed by atoms with Gasteiger partial charge in [0, 0.05) is 25.8 Å². The molecule has 0 amide bonds. The number of aryl methyl sites for hydroxylation is 3. The molecule has 3 rings (SSSR count). The second-order valence-electron chi connectivity index (χ2n) is 6.67. The van der Waals surface area contributed by atoms with Crippen LogP contribution in [0.2, 0.25) is 0 Å². The van der Waals surface area contributed by atoms with Crippen LogP contribution >= 0.6 is 0 Å². The van der Waals surface area contributed by atoms with Crippen LogP contribution < -0.4 is 10.6 Å². The number of hydrogen-bond acceptors (Lipinski definition) is 2. The first-order chi connectivity index (χ1) is 13.1. The number of benzene rings is 2. The molecule has 0 aliphatic rings. The maximum atomic E-state index is 4.62. The Balaban J connectivity index is 1.69. The van der Waals surface area contributed by atoms with Gasteiger partial charge in [0.05, 0.1) is 11.4 Å². The fourth-order valence-electron chi connectivity index (χ4n) is 3.13. The highest BCUT2D eigenvalue weighted by Crippen LogP contribution is 2.17. The highest BCUT2D eigenvalue weighted by Gasteiger charge is 2.09. The van der Waals surface area contributed by atoms with Crippen molar-refractivity contribution in [3.8, 4) is 5.69 Å². The second kappa shape index (κ2) is 8.54. The van der Waals surface area contributed by atoms with E-state index in [0.717, 1.165) is 29.6 Å². The summed E-state index contributed by atoms with van der Waals surface area (Å²) in [5.41, 5.74) is 6.94. The lowest BCUT2D eigenvalue weighted by Gasteiger charge is -2.15. The minimum absolute atomic E-state index is 0.669. The van der Waals surface area contributed by atoms with Crippen LogP contribution in [0, 0.1) is 20.8 Å². The summed E-state index contributed by atoms with van der Waals surface area (Å²) in [6.45, 7) is 7.62. The molecule has 2 aromatic carbocycles. The molecule has 0 unspecified atom stereocenters. The van der Waals surface area contributed by atoms with Gasteiger partial charge in [0.2, 0.25) is 0 Å². The average molecular weight is 361 g/mol. The van der Waals surface area contributed by atoms with Gasteiger partial charge in [0.1, 0.15) is 0 Å². The first-order valence-electron chi connectivity index (χ1n) is 9.19. The zero-order valence-corrected chi connectivity index (χ0v) is 16.5. The van der Waals surface area contributed by atoms with E-state index >= 15 is 0 Å². The first-order valence-corrected chi connectivity index (χ1v) is 9.19. The molecule has 0 saturated heterocycles. The number of para-hydroxylation sites is 1. The molecule has 2 N–H and O–H groups in total. The lowest BCUT2D eigenvalue weighted by atomic mass is 10.1. The summed E-state index contributed by atoms with van der Waals surface area (Å²) in [5, 5.41) is 11.4. The molecule has 5 heteroatoms. The monoisotopic (exact) mass is 361 g/mol. The summed E-state index contributed by atoms with van der Waals surface area (Å²) in [5.74, 6) is 0.779. The van der Waals surface area contributed by atoms with Crippen LogP contribution in [0.15, 0.2) is 59.6 Å². The molecule has 0 radical (unpaired) electrons.